The van der Waals surface area contributed by atoms with Gasteiger partial charge in [-0.15, -0.1) is 0 Å². The molecule has 0 N–H and O–H groups in total. The lowest BCUT2D eigenvalue weighted by Gasteiger charge is -2.34. The molecule has 2 nitrogen and oxygen atoms in total. The van der Waals surface area contributed by atoms with Gasteiger partial charge in [0.2, 0.25) is 0 Å². The van der Waals surface area contributed by atoms with Crippen molar-refractivity contribution in [3.05, 3.63) is 22.6 Å². The highest BCUT2D eigenvalue weighted by molar-refractivity contribution is 9.10. The van der Waals surface area contributed by atoms with Gasteiger partial charge in [0.05, 0.1) is 6.26 Å². The van der Waals surface area contributed by atoms with Crippen LogP contribution in [0.2, 0.25) is 0 Å². The number of fused-ring (bicyclic) bond motifs is 2. The van der Waals surface area contributed by atoms with Crippen LogP contribution in [0, 0.1) is 0 Å². The van der Waals surface area contributed by atoms with Gasteiger partial charge in [-0.2, -0.15) is 0 Å². The zero-order valence-electron chi connectivity index (χ0n) is 8.79. The molecule has 2 unspecified atom stereocenters. The Balaban J connectivity index is 1.73. The average Bonchev–Trinajstić information content (AvgIpc) is 2.71. The Hall–Kier alpha value is -0.280. The largest absolute Gasteiger partial charge is 0.457 e. The van der Waals surface area contributed by atoms with Crippen molar-refractivity contribution in [3.63, 3.8) is 0 Å². The lowest BCUT2D eigenvalue weighted by Crippen LogP contribution is -2.38. The van der Waals surface area contributed by atoms with E-state index in [1.165, 1.54) is 37.7 Å². The fraction of sp³-hybridized carbons (Fsp3) is 0.667. The Morgan fingerprint density at radius 2 is 2.00 bits per heavy atom. The summed E-state index contributed by atoms with van der Waals surface area (Å²) in [5, 5.41) is 0. The molecule has 2 bridgehead atoms. The molecule has 15 heavy (non-hydrogen) atoms. The lowest BCUT2D eigenvalue weighted by atomic mass is 10.0. The van der Waals surface area contributed by atoms with E-state index in [1.54, 1.807) is 0 Å². The quantitative estimate of drug-likeness (QED) is 0.817. The number of furan rings is 1. The van der Waals surface area contributed by atoms with Gasteiger partial charge in [0.15, 0.2) is 4.67 Å². The maximum absolute atomic E-state index is 5.29. The molecule has 0 radical (unpaired) electrons. The van der Waals surface area contributed by atoms with E-state index in [0.717, 1.165) is 23.3 Å². The zero-order chi connectivity index (χ0) is 10.3. The molecule has 2 aliphatic rings. The van der Waals surface area contributed by atoms with Crippen molar-refractivity contribution in [1.29, 1.82) is 0 Å². The molecule has 0 saturated carbocycles. The van der Waals surface area contributed by atoms with Gasteiger partial charge < -0.3 is 4.42 Å². The van der Waals surface area contributed by atoms with Gasteiger partial charge in [-0.25, -0.2) is 0 Å². The van der Waals surface area contributed by atoms with Crippen molar-refractivity contribution < 1.29 is 4.42 Å². The molecule has 2 fully saturated rings. The minimum absolute atomic E-state index is 0.845. The van der Waals surface area contributed by atoms with Crippen LogP contribution < -0.4 is 0 Å². The number of hydrogen-bond acceptors (Lipinski definition) is 2. The number of piperidine rings is 1. The average molecular weight is 270 g/mol. The third kappa shape index (κ3) is 1.87. The van der Waals surface area contributed by atoms with Crippen LogP contribution in [-0.2, 0) is 6.54 Å². The summed E-state index contributed by atoms with van der Waals surface area (Å²) >= 11 is 3.36. The maximum Gasteiger partial charge on any atom is 0.169 e. The molecule has 0 aromatic carbocycles. The molecule has 2 aliphatic heterocycles. The highest BCUT2D eigenvalue weighted by Gasteiger charge is 2.36. The molecule has 3 heterocycles. The Labute approximate surface area is 98.8 Å². The zero-order valence-corrected chi connectivity index (χ0v) is 10.4. The first-order valence-electron chi connectivity index (χ1n) is 5.81. The number of rotatable bonds is 2. The second kappa shape index (κ2) is 3.95. The van der Waals surface area contributed by atoms with Gasteiger partial charge in [0, 0.05) is 24.2 Å². The molecule has 3 rings (SSSR count). The third-order valence-electron chi connectivity index (χ3n) is 3.83. The van der Waals surface area contributed by atoms with Gasteiger partial charge >= 0.3 is 0 Å². The minimum Gasteiger partial charge on any atom is -0.457 e. The lowest BCUT2D eigenvalue weighted by molar-refractivity contribution is 0.132. The molecule has 3 heteroatoms. The monoisotopic (exact) mass is 269 g/mol. The minimum atomic E-state index is 0.845. The van der Waals surface area contributed by atoms with E-state index in [-0.39, 0.29) is 0 Å². The molecular weight excluding hydrogens is 254 g/mol. The molecule has 0 aliphatic carbocycles. The highest BCUT2D eigenvalue weighted by Crippen LogP contribution is 2.36. The fourth-order valence-electron chi connectivity index (χ4n) is 3.12. The van der Waals surface area contributed by atoms with E-state index >= 15 is 0 Å². The van der Waals surface area contributed by atoms with E-state index in [4.69, 9.17) is 4.42 Å². The molecule has 2 saturated heterocycles. The molecule has 1 aromatic heterocycles. The van der Waals surface area contributed by atoms with Crippen LogP contribution in [0.5, 0.6) is 0 Å². The van der Waals surface area contributed by atoms with Crippen LogP contribution in [0.15, 0.2) is 21.4 Å². The standard InChI is InChI=1S/C12H16BrNO/c13-12-6-9(8-15-12)7-14-10-2-1-3-11(14)5-4-10/h6,8,10-11H,1-5,7H2. The Morgan fingerprint density at radius 1 is 1.27 bits per heavy atom. The first kappa shape index (κ1) is 9.91. The van der Waals surface area contributed by atoms with Crippen molar-refractivity contribution in [2.75, 3.05) is 0 Å². The maximum atomic E-state index is 5.29. The van der Waals surface area contributed by atoms with Crippen molar-refractivity contribution in [1.82, 2.24) is 4.90 Å². The second-order valence-electron chi connectivity index (χ2n) is 4.75. The van der Waals surface area contributed by atoms with Crippen molar-refractivity contribution >= 4 is 15.9 Å². The van der Waals surface area contributed by atoms with Crippen LogP contribution in [-0.4, -0.2) is 17.0 Å². The van der Waals surface area contributed by atoms with Crippen LogP contribution in [0.3, 0.4) is 0 Å². The first-order chi connectivity index (χ1) is 7.33. The van der Waals surface area contributed by atoms with Gasteiger partial charge in [-0.1, -0.05) is 6.42 Å². The number of halogens is 1. The predicted molar refractivity (Wildman–Crippen MR) is 62.6 cm³/mol. The van der Waals surface area contributed by atoms with Gasteiger partial charge in [-0.3, -0.25) is 4.90 Å². The Morgan fingerprint density at radius 3 is 2.60 bits per heavy atom. The molecule has 82 valence electrons. The summed E-state index contributed by atoms with van der Waals surface area (Å²) in [7, 11) is 0. The van der Waals surface area contributed by atoms with Crippen LogP contribution in [0.25, 0.3) is 0 Å². The number of nitrogens with zero attached hydrogens (tertiary/aromatic N) is 1. The van der Waals surface area contributed by atoms with E-state index in [2.05, 4.69) is 26.9 Å². The van der Waals surface area contributed by atoms with Crippen LogP contribution in [0.4, 0.5) is 0 Å². The van der Waals surface area contributed by atoms with Gasteiger partial charge in [0.1, 0.15) is 0 Å². The molecule has 0 spiro atoms. The SMILES string of the molecule is Brc1cc(CN2C3CCCC2CC3)co1. The number of hydrogen-bond donors (Lipinski definition) is 0. The van der Waals surface area contributed by atoms with Gasteiger partial charge in [-0.05, 0) is 47.7 Å². The fourth-order valence-corrected chi connectivity index (χ4v) is 3.51. The molecule has 0 amide bonds. The summed E-state index contributed by atoms with van der Waals surface area (Å²) in [6.07, 6.45) is 8.91. The van der Waals surface area contributed by atoms with Gasteiger partial charge in [0.25, 0.3) is 0 Å². The third-order valence-corrected chi connectivity index (χ3v) is 4.25. The summed E-state index contributed by atoms with van der Waals surface area (Å²) in [6, 6.07) is 3.78. The normalized spacial score (nSPS) is 31.0. The Kier molecular flexibility index (Phi) is 2.61. The summed E-state index contributed by atoms with van der Waals surface area (Å²) in [5.74, 6) is 0. The van der Waals surface area contributed by atoms with E-state index in [0.29, 0.717) is 0 Å². The van der Waals surface area contributed by atoms with E-state index in [9.17, 15) is 0 Å². The van der Waals surface area contributed by atoms with Crippen LogP contribution >= 0.6 is 15.9 Å². The Bertz CT molecular complexity index is 333. The second-order valence-corrected chi connectivity index (χ2v) is 5.53. The first-order valence-corrected chi connectivity index (χ1v) is 6.61. The smallest absolute Gasteiger partial charge is 0.169 e. The van der Waals surface area contributed by atoms with Crippen molar-refractivity contribution in [3.8, 4) is 0 Å². The van der Waals surface area contributed by atoms with Crippen molar-refractivity contribution in [2.24, 2.45) is 0 Å². The summed E-state index contributed by atoms with van der Waals surface area (Å²) in [6.45, 7) is 1.07. The molecule has 2 atom stereocenters. The summed E-state index contributed by atoms with van der Waals surface area (Å²) < 4.78 is 6.14. The summed E-state index contributed by atoms with van der Waals surface area (Å²) in [5.41, 5.74) is 1.31. The molecular formula is C12H16BrNO. The topological polar surface area (TPSA) is 16.4 Å². The van der Waals surface area contributed by atoms with Crippen molar-refractivity contribution in [2.45, 2.75) is 50.7 Å². The molecule has 1 aromatic rings. The van der Waals surface area contributed by atoms with E-state index in [1.807, 2.05) is 6.26 Å². The highest BCUT2D eigenvalue weighted by atomic mass is 79.9. The van der Waals surface area contributed by atoms with E-state index < -0.39 is 0 Å². The predicted octanol–water partition coefficient (Wildman–Crippen LogP) is 3.56. The summed E-state index contributed by atoms with van der Waals surface area (Å²) in [4.78, 5) is 2.68. The van der Waals surface area contributed by atoms with Crippen LogP contribution in [0.1, 0.15) is 37.7 Å².